The summed E-state index contributed by atoms with van der Waals surface area (Å²) in [6, 6.07) is 0. The van der Waals surface area contributed by atoms with Crippen molar-refractivity contribution in [3.05, 3.63) is 39.0 Å². The Morgan fingerprint density at radius 2 is 1.00 bits per heavy atom. The Labute approximate surface area is 94.0 Å². The van der Waals surface area contributed by atoms with Gasteiger partial charge in [0.15, 0.2) is 0 Å². The number of rotatable bonds is 1. The molecular weight excluding hydrogens is 180 g/mol. The molecule has 0 nitrogen and oxygen atoms in total. The summed E-state index contributed by atoms with van der Waals surface area (Å²) in [6.07, 6.45) is 2.30. The molecular formula is C15H22. The van der Waals surface area contributed by atoms with Gasteiger partial charge in [-0.1, -0.05) is 11.6 Å². The molecule has 1 aromatic carbocycles. The average Bonchev–Trinajstić information content (AvgIpc) is 2.18. The topological polar surface area (TPSA) is 0 Å². The van der Waals surface area contributed by atoms with Crippen LogP contribution in [0.5, 0.6) is 0 Å². The number of hydrogen-bond donors (Lipinski definition) is 0. The second kappa shape index (κ2) is 4.22. The van der Waals surface area contributed by atoms with Gasteiger partial charge in [-0.05, 0) is 81.8 Å². The number of benzene rings is 1. The monoisotopic (exact) mass is 202 g/mol. The third kappa shape index (κ3) is 2.14. The molecule has 0 aliphatic carbocycles. The van der Waals surface area contributed by atoms with E-state index in [2.05, 4.69) is 54.5 Å². The van der Waals surface area contributed by atoms with Gasteiger partial charge in [0.1, 0.15) is 0 Å². The highest BCUT2D eigenvalue weighted by Crippen LogP contribution is 2.27. The van der Waals surface area contributed by atoms with E-state index in [1.807, 2.05) is 0 Å². The summed E-state index contributed by atoms with van der Waals surface area (Å²) in [5.74, 6) is 0. The van der Waals surface area contributed by atoms with Crippen molar-refractivity contribution in [2.45, 2.75) is 48.5 Å². The molecule has 0 fully saturated rings. The first-order valence-corrected chi connectivity index (χ1v) is 5.58. The Morgan fingerprint density at radius 3 is 1.33 bits per heavy atom. The smallest absolute Gasteiger partial charge is 0.0193 e. The molecule has 0 amide bonds. The summed E-state index contributed by atoms with van der Waals surface area (Å²) in [5, 5.41) is 0. The summed E-state index contributed by atoms with van der Waals surface area (Å²) in [6.45, 7) is 15.4. The minimum absolute atomic E-state index is 1.36. The van der Waals surface area contributed by atoms with Crippen LogP contribution < -0.4 is 0 Å². The van der Waals surface area contributed by atoms with E-state index in [9.17, 15) is 0 Å². The summed E-state index contributed by atoms with van der Waals surface area (Å²) in [5.41, 5.74) is 9.94. The van der Waals surface area contributed by atoms with Crippen LogP contribution in [0.3, 0.4) is 0 Å². The van der Waals surface area contributed by atoms with Crippen molar-refractivity contribution in [2.24, 2.45) is 0 Å². The lowest BCUT2D eigenvalue weighted by Gasteiger charge is -2.16. The fourth-order valence-electron chi connectivity index (χ4n) is 2.03. The molecule has 0 spiro atoms. The minimum atomic E-state index is 1.36. The Balaban J connectivity index is 3.60. The molecule has 0 saturated carbocycles. The predicted octanol–water partition coefficient (Wildman–Crippen LogP) is 4.65. The first kappa shape index (κ1) is 12.0. The van der Waals surface area contributed by atoms with Gasteiger partial charge < -0.3 is 0 Å². The molecule has 1 aromatic rings. The Hall–Kier alpha value is -1.04. The van der Waals surface area contributed by atoms with Gasteiger partial charge in [-0.15, -0.1) is 0 Å². The molecule has 0 bridgehead atoms. The molecule has 0 aliphatic heterocycles. The normalized spacial score (nSPS) is 10.3. The zero-order valence-electron chi connectivity index (χ0n) is 11.1. The van der Waals surface area contributed by atoms with E-state index in [1.54, 1.807) is 0 Å². The second-order valence-corrected chi connectivity index (χ2v) is 4.76. The molecule has 15 heavy (non-hydrogen) atoms. The molecule has 0 radical (unpaired) electrons. The van der Waals surface area contributed by atoms with E-state index in [1.165, 1.54) is 39.0 Å². The van der Waals surface area contributed by atoms with Crippen molar-refractivity contribution in [2.75, 3.05) is 0 Å². The largest absolute Gasteiger partial charge is 0.0758 e. The van der Waals surface area contributed by atoms with Crippen molar-refractivity contribution < 1.29 is 0 Å². The zero-order chi connectivity index (χ0) is 11.7. The summed E-state index contributed by atoms with van der Waals surface area (Å²) in [7, 11) is 0. The lowest BCUT2D eigenvalue weighted by molar-refractivity contribution is 1.16. The van der Waals surface area contributed by atoms with Crippen LogP contribution in [-0.4, -0.2) is 0 Å². The molecule has 82 valence electrons. The van der Waals surface area contributed by atoms with Crippen LogP contribution in [0.1, 0.15) is 47.2 Å². The first-order chi connectivity index (χ1) is 6.86. The van der Waals surface area contributed by atoms with Crippen LogP contribution in [0.4, 0.5) is 0 Å². The number of hydrogen-bond acceptors (Lipinski definition) is 0. The minimum Gasteiger partial charge on any atom is -0.0758 e. The predicted molar refractivity (Wildman–Crippen MR) is 69.5 cm³/mol. The van der Waals surface area contributed by atoms with E-state index in [0.717, 1.165) is 0 Å². The summed E-state index contributed by atoms with van der Waals surface area (Å²) < 4.78 is 0. The number of allylic oxidation sites excluding steroid dienone is 1. The van der Waals surface area contributed by atoms with Crippen LogP contribution in [0.15, 0.2) is 5.57 Å². The fourth-order valence-corrected chi connectivity index (χ4v) is 2.03. The van der Waals surface area contributed by atoms with Crippen molar-refractivity contribution in [1.82, 2.24) is 0 Å². The molecule has 0 heteroatoms. The first-order valence-electron chi connectivity index (χ1n) is 5.58. The van der Waals surface area contributed by atoms with Gasteiger partial charge in [0, 0.05) is 0 Å². The van der Waals surface area contributed by atoms with Crippen molar-refractivity contribution >= 4 is 6.08 Å². The molecule has 0 saturated heterocycles. The Kier molecular flexibility index (Phi) is 3.38. The van der Waals surface area contributed by atoms with Crippen LogP contribution >= 0.6 is 0 Å². The van der Waals surface area contributed by atoms with Crippen molar-refractivity contribution in [1.29, 1.82) is 0 Å². The van der Waals surface area contributed by atoms with Crippen LogP contribution in [0, 0.1) is 34.6 Å². The van der Waals surface area contributed by atoms with E-state index in [4.69, 9.17) is 0 Å². The average molecular weight is 202 g/mol. The molecule has 0 aromatic heterocycles. The van der Waals surface area contributed by atoms with E-state index in [-0.39, 0.29) is 0 Å². The lowest BCUT2D eigenvalue weighted by Crippen LogP contribution is -1.99. The van der Waals surface area contributed by atoms with Gasteiger partial charge >= 0.3 is 0 Å². The molecule has 0 heterocycles. The van der Waals surface area contributed by atoms with Crippen LogP contribution in [0.2, 0.25) is 0 Å². The quantitative estimate of drug-likeness (QED) is 0.621. The van der Waals surface area contributed by atoms with Gasteiger partial charge in [0.25, 0.3) is 0 Å². The molecule has 0 unspecified atom stereocenters. The van der Waals surface area contributed by atoms with Gasteiger partial charge in [-0.3, -0.25) is 0 Å². The van der Waals surface area contributed by atoms with Gasteiger partial charge in [0.05, 0.1) is 0 Å². The highest BCUT2D eigenvalue weighted by Gasteiger charge is 2.09. The van der Waals surface area contributed by atoms with Crippen LogP contribution in [-0.2, 0) is 0 Å². The Morgan fingerprint density at radius 1 is 0.667 bits per heavy atom. The van der Waals surface area contributed by atoms with Gasteiger partial charge in [-0.2, -0.15) is 0 Å². The standard InChI is InChI=1S/C15H22/c1-9(2)8-15-13(6)11(4)10(3)12(5)14(15)7/h8H,1-7H3. The maximum Gasteiger partial charge on any atom is -0.0193 e. The summed E-state index contributed by atoms with van der Waals surface area (Å²) in [4.78, 5) is 0. The summed E-state index contributed by atoms with van der Waals surface area (Å²) >= 11 is 0. The van der Waals surface area contributed by atoms with Gasteiger partial charge in [-0.25, -0.2) is 0 Å². The highest BCUT2D eigenvalue weighted by molar-refractivity contribution is 5.64. The molecule has 0 atom stereocenters. The third-order valence-corrected chi connectivity index (χ3v) is 3.49. The SMILES string of the molecule is CC(C)=Cc1c(C)c(C)c(C)c(C)c1C. The van der Waals surface area contributed by atoms with Crippen molar-refractivity contribution in [3.63, 3.8) is 0 Å². The second-order valence-electron chi connectivity index (χ2n) is 4.76. The zero-order valence-corrected chi connectivity index (χ0v) is 11.1. The maximum atomic E-state index is 2.30. The molecule has 0 N–H and O–H groups in total. The highest BCUT2D eigenvalue weighted by atomic mass is 14.1. The van der Waals surface area contributed by atoms with Gasteiger partial charge in [0.2, 0.25) is 0 Å². The lowest BCUT2D eigenvalue weighted by atomic mass is 9.89. The van der Waals surface area contributed by atoms with Crippen LogP contribution in [0.25, 0.3) is 6.08 Å². The molecule has 1 rings (SSSR count). The van der Waals surface area contributed by atoms with E-state index < -0.39 is 0 Å². The Bertz CT molecular complexity index is 387. The third-order valence-electron chi connectivity index (χ3n) is 3.49. The molecule has 0 aliphatic rings. The van der Waals surface area contributed by atoms with E-state index >= 15 is 0 Å². The van der Waals surface area contributed by atoms with Crippen molar-refractivity contribution in [3.8, 4) is 0 Å². The maximum absolute atomic E-state index is 2.30. The fraction of sp³-hybridized carbons (Fsp3) is 0.467. The van der Waals surface area contributed by atoms with E-state index in [0.29, 0.717) is 0 Å².